The first-order valence-electron chi connectivity index (χ1n) is 8.82. The van der Waals surface area contributed by atoms with Crippen molar-refractivity contribution >= 4 is 17.2 Å². The highest BCUT2D eigenvalue weighted by atomic mass is 32.2. The lowest BCUT2D eigenvalue weighted by Gasteiger charge is -2.14. The number of nitrogens with zero attached hydrogens (tertiary/aromatic N) is 1. The fourth-order valence-electron chi connectivity index (χ4n) is 2.44. The zero-order chi connectivity index (χ0) is 19.3. The zero-order valence-corrected chi connectivity index (χ0v) is 16.6. The molecule has 1 atom stereocenters. The Morgan fingerprint density at radius 2 is 1.52 bits per heavy atom. The van der Waals surface area contributed by atoms with Crippen LogP contribution in [0.2, 0.25) is 0 Å². The summed E-state index contributed by atoms with van der Waals surface area (Å²) in [6.07, 6.45) is 1.67. The molecule has 4 heteroatoms. The van der Waals surface area contributed by atoms with E-state index in [4.69, 9.17) is 4.74 Å². The maximum Gasteiger partial charge on any atom is 0.144 e. The van der Waals surface area contributed by atoms with Crippen molar-refractivity contribution in [2.45, 2.75) is 25.5 Å². The number of rotatable bonds is 5. The van der Waals surface area contributed by atoms with Gasteiger partial charge in [-0.3, -0.25) is 0 Å². The van der Waals surface area contributed by atoms with Gasteiger partial charge < -0.3 is 4.74 Å². The highest BCUT2D eigenvalue weighted by Gasteiger charge is 2.18. The van der Waals surface area contributed by atoms with E-state index < -0.39 is 11.0 Å². The summed E-state index contributed by atoms with van der Waals surface area (Å²) in [5.74, 6) is 1.55. The van der Waals surface area contributed by atoms with Gasteiger partial charge in [0.05, 0.1) is 4.75 Å². The van der Waals surface area contributed by atoms with E-state index in [-0.39, 0.29) is 4.75 Å². The van der Waals surface area contributed by atoms with Crippen molar-refractivity contribution in [1.29, 1.82) is 0 Å². The molecule has 0 N–H and O–H groups in total. The third kappa shape index (κ3) is 5.14. The molecule has 0 amide bonds. The zero-order valence-electron chi connectivity index (χ0n) is 15.8. The van der Waals surface area contributed by atoms with Gasteiger partial charge in [0.1, 0.15) is 22.5 Å². The molecule has 0 aliphatic heterocycles. The van der Waals surface area contributed by atoms with Crippen LogP contribution in [-0.4, -0.2) is 15.2 Å². The molecule has 0 saturated carbocycles. The molecule has 0 aliphatic carbocycles. The summed E-state index contributed by atoms with van der Waals surface area (Å²) < 4.78 is 22.1. The number of benzene rings is 3. The van der Waals surface area contributed by atoms with Gasteiger partial charge in [0.15, 0.2) is 0 Å². The Bertz CT molecular complexity index is 945. The maximum absolute atomic E-state index is 12.2. The predicted octanol–water partition coefficient (Wildman–Crippen LogP) is 6.03. The summed E-state index contributed by atoms with van der Waals surface area (Å²) in [6.45, 7) is 5.73. The second-order valence-corrected chi connectivity index (χ2v) is 9.07. The third-order valence-corrected chi connectivity index (χ3v) is 5.23. The van der Waals surface area contributed by atoms with Crippen LogP contribution < -0.4 is 4.74 Å². The average Bonchev–Trinajstić information content (AvgIpc) is 2.67. The summed E-state index contributed by atoms with van der Waals surface area (Å²) in [5.41, 5.74) is 2.90. The molecule has 0 fully saturated rings. The smallest absolute Gasteiger partial charge is 0.144 e. The molecular weight excluding hydrogens is 354 g/mol. The van der Waals surface area contributed by atoms with Crippen LogP contribution >= 0.6 is 0 Å². The van der Waals surface area contributed by atoms with E-state index in [2.05, 4.69) is 4.40 Å². The van der Waals surface area contributed by atoms with Crippen molar-refractivity contribution in [2.75, 3.05) is 0 Å². The molecule has 0 saturated heterocycles. The second kappa shape index (κ2) is 8.31. The van der Waals surface area contributed by atoms with Crippen LogP contribution in [0.5, 0.6) is 11.5 Å². The Kier molecular flexibility index (Phi) is 5.87. The van der Waals surface area contributed by atoms with E-state index in [1.807, 2.05) is 99.6 Å². The van der Waals surface area contributed by atoms with Crippen molar-refractivity contribution in [3.8, 4) is 22.6 Å². The molecule has 0 unspecified atom stereocenters. The van der Waals surface area contributed by atoms with Crippen molar-refractivity contribution < 1.29 is 8.95 Å². The summed E-state index contributed by atoms with van der Waals surface area (Å²) >= 11 is 0. The van der Waals surface area contributed by atoms with Crippen molar-refractivity contribution in [2.24, 2.45) is 4.40 Å². The molecule has 0 radical (unpaired) electrons. The summed E-state index contributed by atoms with van der Waals surface area (Å²) in [6, 6.07) is 25.6. The van der Waals surface area contributed by atoms with Gasteiger partial charge in [-0.25, -0.2) is 4.21 Å². The standard InChI is InChI=1S/C23H23NO2S/c1-23(2,3)27(25)24-17-18-14-15-22(26-20-12-8-5-9-13-20)21(16-18)19-10-6-4-7-11-19/h4-17H,1-3H3/b24-17+/t27-/m1/s1. The molecule has 3 aromatic carbocycles. The van der Waals surface area contributed by atoms with Crippen LogP contribution in [0.15, 0.2) is 83.3 Å². The fourth-order valence-corrected chi connectivity index (χ4v) is 2.98. The lowest BCUT2D eigenvalue weighted by molar-refractivity contribution is 0.484. The Labute approximate surface area is 163 Å². The van der Waals surface area contributed by atoms with Gasteiger partial charge in [0, 0.05) is 11.8 Å². The molecule has 0 aromatic heterocycles. The van der Waals surface area contributed by atoms with Gasteiger partial charge in [-0.2, -0.15) is 4.40 Å². The minimum Gasteiger partial charge on any atom is -0.457 e. The lowest BCUT2D eigenvalue weighted by Crippen LogP contribution is -2.19. The molecule has 0 bridgehead atoms. The maximum atomic E-state index is 12.2. The van der Waals surface area contributed by atoms with Crippen molar-refractivity contribution in [1.82, 2.24) is 0 Å². The van der Waals surface area contributed by atoms with Crippen LogP contribution in [-0.2, 0) is 11.0 Å². The first-order valence-corrected chi connectivity index (χ1v) is 9.92. The van der Waals surface area contributed by atoms with Gasteiger partial charge >= 0.3 is 0 Å². The van der Waals surface area contributed by atoms with E-state index >= 15 is 0 Å². The molecular formula is C23H23NO2S. The summed E-state index contributed by atoms with van der Waals surface area (Å²) in [5, 5.41) is 0. The molecule has 138 valence electrons. The molecule has 3 aromatic rings. The number of hydrogen-bond donors (Lipinski definition) is 0. The number of hydrogen-bond acceptors (Lipinski definition) is 2. The van der Waals surface area contributed by atoms with E-state index in [9.17, 15) is 4.21 Å². The van der Waals surface area contributed by atoms with E-state index in [1.54, 1.807) is 6.21 Å². The quantitative estimate of drug-likeness (QED) is 0.509. The van der Waals surface area contributed by atoms with Gasteiger partial charge in [-0.05, 0) is 62.2 Å². The van der Waals surface area contributed by atoms with Gasteiger partial charge in [0.25, 0.3) is 0 Å². The summed E-state index contributed by atoms with van der Waals surface area (Å²) in [4.78, 5) is 0. The van der Waals surface area contributed by atoms with Crippen LogP contribution in [0, 0.1) is 0 Å². The lowest BCUT2D eigenvalue weighted by atomic mass is 10.0. The molecule has 3 nitrogen and oxygen atoms in total. The molecule has 0 heterocycles. The fraction of sp³-hybridized carbons (Fsp3) is 0.174. The molecule has 0 spiro atoms. The monoisotopic (exact) mass is 377 g/mol. The Hall–Kier alpha value is -2.72. The van der Waals surface area contributed by atoms with E-state index in [0.717, 1.165) is 28.2 Å². The number of para-hydroxylation sites is 1. The van der Waals surface area contributed by atoms with E-state index in [1.165, 1.54) is 0 Å². The minimum atomic E-state index is -1.29. The van der Waals surface area contributed by atoms with Crippen molar-refractivity contribution in [3.63, 3.8) is 0 Å². The highest BCUT2D eigenvalue weighted by Crippen LogP contribution is 2.34. The van der Waals surface area contributed by atoms with Crippen LogP contribution in [0.25, 0.3) is 11.1 Å². The average molecular weight is 378 g/mol. The van der Waals surface area contributed by atoms with Gasteiger partial charge in [-0.1, -0.05) is 48.5 Å². The van der Waals surface area contributed by atoms with Gasteiger partial charge in [0.2, 0.25) is 0 Å². The first kappa shape index (κ1) is 19.1. The predicted molar refractivity (Wildman–Crippen MR) is 114 cm³/mol. The topological polar surface area (TPSA) is 38.7 Å². The van der Waals surface area contributed by atoms with Crippen LogP contribution in [0.3, 0.4) is 0 Å². The summed E-state index contributed by atoms with van der Waals surface area (Å²) in [7, 11) is -1.29. The largest absolute Gasteiger partial charge is 0.457 e. The van der Waals surface area contributed by atoms with Gasteiger partial charge in [-0.15, -0.1) is 0 Å². The molecule has 27 heavy (non-hydrogen) atoms. The van der Waals surface area contributed by atoms with Crippen LogP contribution in [0.1, 0.15) is 26.3 Å². The van der Waals surface area contributed by atoms with E-state index in [0.29, 0.717) is 0 Å². The molecule has 0 aliphatic rings. The first-order chi connectivity index (χ1) is 12.9. The highest BCUT2D eigenvalue weighted by molar-refractivity contribution is 7.85. The Morgan fingerprint density at radius 3 is 2.15 bits per heavy atom. The van der Waals surface area contributed by atoms with Crippen LogP contribution in [0.4, 0.5) is 0 Å². The van der Waals surface area contributed by atoms with Crippen molar-refractivity contribution in [3.05, 3.63) is 84.4 Å². The number of ether oxygens (including phenoxy) is 1. The molecule has 3 rings (SSSR count). The Morgan fingerprint density at radius 1 is 0.889 bits per heavy atom. The normalized spacial score (nSPS) is 12.9. The SMILES string of the molecule is CC(C)(C)[S@@](=O)/N=C/c1ccc(Oc2ccccc2)c(-c2ccccc2)c1. The minimum absolute atomic E-state index is 0.380. The Balaban J connectivity index is 1.97. The second-order valence-electron chi connectivity index (χ2n) is 7.13. The third-order valence-electron chi connectivity index (χ3n) is 3.88.